The number of rotatable bonds is 6. The van der Waals surface area contributed by atoms with Crippen molar-refractivity contribution in [3.63, 3.8) is 0 Å². The maximum absolute atomic E-state index is 13.5. The lowest BCUT2D eigenvalue weighted by molar-refractivity contribution is 0.558. The van der Waals surface area contributed by atoms with Crippen LogP contribution in [0.15, 0.2) is 36.7 Å². The van der Waals surface area contributed by atoms with Gasteiger partial charge in [0.1, 0.15) is 5.82 Å². The number of aromatic nitrogens is 6. The Morgan fingerprint density at radius 2 is 2.23 bits per heavy atom. The first-order valence-corrected chi connectivity index (χ1v) is 7.06. The Balaban J connectivity index is 1.83. The van der Waals surface area contributed by atoms with Crippen molar-refractivity contribution in [2.75, 3.05) is 5.32 Å². The molecule has 1 aromatic carbocycles. The minimum absolute atomic E-state index is 0.313. The molecule has 0 aliphatic carbocycles. The Hall–Kier alpha value is -2.77. The van der Waals surface area contributed by atoms with Crippen LogP contribution in [-0.2, 0) is 13.1 Å². The van der Waals surface area contributed by atoms with E-state index in [4.69, 9.17) is 0 Å². The first-order chi connectivity index (χ1) is 10.8. The van der Waals surface area contributed by atoms with Gasteiger partial charge in [0.25, 0.3) is 0 Å². The number of anilines is 1. The second kappa shape index (κ2) is 6.33. The number of hydrogen-bond donors (Lipinski definition) is 1. The third kappa shape index (κ3) is 2.95. The number of benzene rings is 1. The highest BCUT2D eigenvalue weighted by Gasteiger charge is 2.09. The maximum atomic E-state index is 13.5. The molecule has 0 unspecified atom stereocenters. The van der Waals surface area contributed by atoms with E-state index in [-0.39, 0.29) is 5.82 Å². The van der Waals surface area contributed by atoms with E-state index in [1.807, 2.05) is 6.07 Å². The zero-order valence-corrected chi connectivity index (χ0v) is 12.1. The molecule has 3 rings (SSSR count). The summed E-state index contributed by atoms with van der Waals surface area (Å²) >= 11 is 0. The fraction of sp³-hybridized carbons (Fsp3) is 0.286. The van der Waals surface area contributed by atoms with Crippen molar-refractivity contribution >= 4 is 5.69 Å². The molecule has 3 aromatic rings. The van der Waals surface area contributed by atoms with Gasteiger partial charge in [0, 0.05) is 18.9 Å². The Bertz CT molecular complexity index is 735. The number of nitrogens with zero attached hydrogens (tertiary/aromatic N) is 6. The summed E-state index contributed by atoms with van der Waals surface area (Å²) in [6.07, 6.45) is 4.42. The zero-order valence-electron chi connectivity index (χ0n) is 12.1. The smallest absolute Gasteiger partial charge is 0.170 e. The van der Waals surface area contributed by atoms with Crippen molar-refractivity contribution in [1.29, 1.82) is 0 Å². The third-order valence-corrected chi connectivity index (χ3v) is 3.19. The van der Waals surface area contributed by atoms with Crippen LogP contribution in [0.25, 0.3) is 5.69 Å². The quantitative estimate of drug-likeness (QED) is 0.754. The standard InChI is InChI=1S/C14H16FN7/c1-2-7-22-14(18-19-20-22)10-16-12-9-11(15)4-5-13(12)21-8-3-6-17-21/h3-6,8-9,16H,2,7,10H2,1H3. The van der Waals surface area contributed by atoms with Gasteiger partial charge in [0.2, 0.25) is 0 Å². The maximum Gasteiger partial charge on any atom is 0.170 e. The summed E-state index contributed by atoms with van der Waals surface area (Å²) in [7, 11) is 0. The van der Waals surface area contributed by atoms with Gasteiger partial charge in [-0.3, -0.25) is 0 Å². The predicted molar refractivity (Wildman–Crippen MR) is 79.0 cm³/mol. The average molecular weight is 301 g/mol. The molecule has 0 aliphatic heterocycles. The first kappa shape index (κ1) is 14.2. The van der Waals surface area contributed by atoms with Crippen LogP contribution >= 0.6 is 0 Å². The van der Waals surface area contributed by atoms with Gasteiger partial charge in [-0.25, -0.2) is 13.8 Å². The summed E-state index contributed by atoms with van der Waals surface area (Å²) < 4.78 is 17.0. The Morgan fingerprint density at radius 3 is 3.00 bits per heavy atom. The van der Waals surface area contributed by atoms with Gasteiger partial charge in [-0.15, -0.1) is 5.10 Å². The third-order valence-electron chi connectivity index (χ3n) is 3.19. The number of tetrazole rings is 1. The molecule has 8 heteroatoms. The van der Waals surface area contributed by atoms with E-state index in [1.54, 1.807) is 27.8 Å². The molecule has 0 amide bonds. The molecule has 22 heavy (non-hydrogen) atoms. The molecule has 0 saturated heterocycles. The van der Waals surface area contributed by atoms with Gasteiger partial charge < -0.3 is 5.32 Å². The van der Waals surface area contributed by atoms with Crippen LogP contribution in [0.2, 0.25) is 0 Å². The van der Waals surface area contributed by atoms with Gasteiger partial charge in [0.15, 0.2) is 5.82 Å². The lowest BCUT2D eigenvalue weighted by Gasteiger charge is -2.12. The molecule has 114 valence electrons. The fourth-order valence-corrected chi connectivity index (χ4v) is 2.17. The van der Waals surface area contributed by atoms with Crippen LogP contribution in [0.1, 0.15) is 19.2 Å². The van der Waals surface area contributed by atoms with Gasteiger partial charge in [-0.2, -0.15) is 5.10 Å². The summed E-state index contributed by atoms with van der Waals surface area (Å²) in [4.78, 5) is 0. The van der Waals surface area contributed by atoms with Crippen LogP contribution in [0.5, 0.6) is 0 Å². The topological polar surface area (TPSA) is 73.5 Å². The minimum Gasteiger partial charge on any atom is -0.376 e. The minimum atomic E-state index is -0.313. The van der Waals surface area contributed by atoms with Crippen molar-refractivity contribution in [2.24, 2.45) is 0 Å². The highest BCUT2D eigenvalue weighted by molar-refractivity contribution is 5.60. The van der Waals surface area contributed by atoms with E-state index in [9.17, 15) is 4.39 Å². The predicted octanol–water partition coefficient (Wildman–Crippen LogP) is 2.02. The number of hydrogen-bond acceptors (Lipinski definition) is 5. The summed E-state index contributed by atoms with van der Waals surface area (Å²) in [6.45, 7) is 3.21. The summed E-state index contributed by atoms with van der Waals surface area (Å²) in [6, 6.07) is 6.34. The molecular weight excluding hydrogens is 285 g/mol. The monoisotopic (exact) mass is 301 g/mol. The fourth-order valence-electron chi connectivity index (χ4n) is 2.17. The Morgan fingerprint density at radius 1 is 1.32 bits per heavy atom. The highest BCUT2D eigenvalue weighted by Crippen LogP contribution is 2.21. The normalized spacial score (nSPS) is 10.8. The number of nitrogens with one attached hydrogen (secondary N) is 1. The lowest BCUT2D eigenvalue weighted by atomic mass is 10.2. The van der Waals surface area contributed by atoms with Crippen LogP contribution in [-0.4, -0.2) is 30.0 Å². The largest absolute Gasteiger partial charge is 0.376 e. The van der Waals surface area contributed by atoms with Crippen molar-refractivity contribution < 1.29 is 4.39 Å². The molecule has 1 N–H and O–H groups in total. The summed E-state index contributed by atoms with van der Waals surface area (Å²) in [5, 5.41) is 19.0. The van der Waals surface area contributed by atoms with E-state index in [0.717, 1.165) is 18.7 Å². The average Bonchev–Trinajstić information content (AvgIpc) is 3.17. The van der Waals surface area contributed by atoms with Crippen molar-refractivity contribution in [1.82, 2.24) is 30.0 Å². The number of aryl methyl sites for hydroxylation is 1. The molecule has 0 bridgehead atoms. The zero-order chi connectivity index (χ0) is 15.4. The highest BCUT2D eigenvalue weighted by atomic mass is 19.1. The summed E-state index contributed by atoms with van der Waals surface area (Å²) in [5.74, 6) is 0.393. The van der Waals surface area contributed by atoms with Crippen molar-refractivity contribution in [3.8, 4) is 5.69 Å². The SMILES string of the molecule is CCCn1nnnc1CNc1cc(F)ccc1-n1cccn1. The molecule has 0 radical (unpaired) electrons. The van der Waals surface area contributed by atoms with Crippen LogP contribution in [0.4, 0.5) is 10.1 Å². The second-order valence-corrected chi connectivity index (χ2v) is 4.78. The summed E-state index contributed by atoms with van der Waals surface area (Å²) in [5.41, 5.74) is 1.40. The Kier molecular flexibility index (Phi) is 4.08. The second-order valence-electron chi connectivity index (χ2n) is 4.78. The molecule has 2 heterocycles. The van der Waals surface area contributed by atoms with Gasteiger partial charge >= 0.3 is 0 Å². The van der Waals surface area contributed by atoms with Crippen molar-refractivity contribution in [3.05, 3.63) is 48.3 Å². The van der Waals surface area contributed by atoms with Crippen molar-refractivity contribution in [2.45, 2.75) is 26.4 Å². The van der Waals surface area contributed by atoms with Crippen LogP contribution in [0, 0.1) is 5.82 Å². The molecular formula is C14H16FN7. The van der Waals surface area contributed by atoms with E-state index >= 15 is 0 Å². The van der Waals surface area contributed by atoms with Crippen LogP contribution < -0.4 is 5.32 Å². The van der Waals surface area contributed by atoms with E-state index < -0.39 is 0 Å². The molecule has 0 spiro atoms. The first-order valence-electron chi connectivity index (χ1n) is 7.06. The Labute approximate surface area is 126 Å². The van der Waals surface area contributed by atoms with Gasteiger partial charge in [0.05, 0.1) is 17.9 Å². The van der Waals surface area contributed by atoms with E-state index in [0.29, 0.717) is 18.1 Å². The van der Waals surface area contributed by atoms with E-state index in [2.05, 4.69) is 32.9 Å². The van der Waals surface area contributed by atoms with E-state index in [1.165, 1.54) is 12.1 Å². The molecule has 2 aromatic heterocycles. The molecule has 0 atom stereocenters. The molecule has 0 aliphatic rings. The van der Waals surface area contributed by atoms with Gasteiger partial charge in [-0.1, -0.05) is 6.92 Å². The number of halogens is 1. The van der Waals surface area contributed by atoms with Crippen LogP contribution in [0.3, 0.4) is 0 Å². The molecule has 0 fully saturated rings. The molecule has 7 nitrogen and oxygen atoms in total. The van der Waals surface area contributed by atoms with Gasteiger partial charge in [-0.05, 0) is 41.1 Å². The lowest BCUT2D eigenvalue weighted by Crippen LogP contribution is -2.11. The molecule has 0 saturated carbocycles.